The van der Waals surface area contributed by atoms with Gasteiger partial charge >= 0.3 is 12.0 Å². The topological polar surface area (TPSA) is 119 Å². The summed E-state index contributed by atoms with van der Waals surface area (Å²) < 4.78 is 28.5. The molecule has 1 atom stereocenters. The molecule has 2 aromatic rings. The van der Waals surface area contributed by atoms with Crippen LogP contribution in [0.25, 0.3) is 0 Å². The maximum Gasteiger partial charge on any atom is 0.340 e. The van der Waals surface area contributed by atoms with E-state index in [4.69, 9.17) is 4.74 Å². The molecule has 148 valence electrons. The van der Waals surface area contributed by atoms with Gasteiger partial charge in [-0.2, -0.15) is 0 Å². The number of carbonyl (C=O) groups is 3. The second-order valence-electron chi connectivity index (χ2n) is 5.97. The number of urea groups is 1. The molecule has 0 saturated carbocycles. The quantitative estimate of drug-likeness (QED) is 0.707. The van der Waals surface area contributed by atoms with Crippen molar-refractivity contribution < 1.29 is 27.5 Å². The number of hydrogen-bond donors (Lipinski definition) is 2. The van der Waals surface area contributed by atoms with Crippen LogP contribution in [0.5, 0.6) is 0 Å². The first kappa shape index (κ1) is 21.1. The van der Waals surface area contributed by atoms with Crippen molar-refractivity contribution in [2.75, 3.05) is 6.26 Å². The molecule has 0 aromatic heterocycles. The minimum atomic E-state index is -3.65. The van der Waals surface area contributed by atoms with Gasteiger partial charge in [0.2, 0.25) is 0 Å². The van der Waals surface area contributed by atoms with Crippen LogP contribution in [0, 0.1) is 0 Å². The van der Waals surface area contributed by atoms with Gasteiger partial charge < -0.3 is 10.1 Å². The highest BCUT2D eigenvalue weighted by Gasteiger charge is 2.24. The molecule has 2 N–H and O–H groups in total. The molecule has 0 unspecified atom stereocenters. The molecule has 2 rings (SSSR count). The van der Waals surface area contributed by atoms with Gasteiger partial charge in [-0.1, -0.05) is 42.5 Å². The van der Waals surface area contributed by atoms with E-state index in [1.165, 1.54) is 31.2 Å². The van der Waals surface area contributed by atoms with Crippen LogP contribution >= 0.6 is 0 Å². The zero-order valence-electron chi connectivity index (χ0n) is 15.3. The second kappa shape index (κ2) is 9.14. The highest BCUT2D eigenvalue weighted by molar-refractivity contribution is 7.90. The summed E-state index contributed by atoms with van der Waals surface area (Å²) in [5.74, 6) is -1.82. The van der Waals surface area contributed by atoms with Gasteiger partial charge in [-0.25, -0.2) is 18.0 Å². The Morgan fingerprint density at radius 1 is 1.00 bits per heavy atom. The van der Waals surface area contributed by atoms with Crippen molar-refractivity contribution in [2.24, 2.45) is 0 Å². The first-order chi connectivity index (χ1) is 13.2. The smallest absolute Gasteiger partial charge is 0.340 e. The van der Waals surface area contributed by atoms with E-state index in [9.17, 15) is 22.8 Å². The Hall–Kier alpha value is -3.20. The predicted molar refractivity (Wildman–Crippen MR) is 101 cm³/mol. The van der Waals surface area contributed by atoms with Gasteiger partial charge in [0.15, 0.2) is 15.9 Å². The first-order valence-corrected chi connectivity index (χ1v) is 10.2. The van der Waals surface area contributed by atoms with Crippen molar-refractivity contribution in [3.63, 3.8) is 0 Å². The largest absolute Gasteiger partial charge is 0.449 e. The first-order valence-electron chi connectivity index (χ1n) is 8.31. The highest BCUT2D eigenvalue weighted by Crippen LogP contribution is 2.17. The Balaban J connectivity index is 1.93. The van der Waals surface area contributed by atoms with Gasteiger partial charge in [-0.3, -0.25) is 10.1 Å². The molecule has 3 amide bonds. The molecule has 0 aliphatic heterocycles. The number of carbonyl (C=O) groups excluding carboxylic acids is 3. The van der Waals surface area contributed by atoms with Crippen molar-refractivity contribution in [1.29, 1.82) is 0 Å². The minimum Gasteiger partial charge on any atom is -0.449 e. The lowest BCUT2D eigenvalue weighted by Crippen LogP contribution is -2.44. The molecular weight excluding hydrogens is 384 g/mol. The van der Waals surface area contributed by atoms with Crippen molar-refractivity contribution in [2.45, 2.75) is 24.5 Å². The summed E-state index contributed by atoms with van der Waals surface area (Å²) in [6.45, 7) is 1.50. The summed E-state index contributed by atoms with van der Waals surface area (Å²) >= 11 is 0. The Labute approximate surface area is 162 Å². The minimum absolute atomic E-state index is 0.182. The maximum absolute atomic E-state index is 12.3. The molecule has 8 nitrogen and oxygen atoms in total. The SMILES string of the molecule is C[C@H](OC(=O)c1ccccc1S(C)(=O)=O)C(=O)NC(=O)NCc1ccccc1. The molecular formula is C19H20N2O6S. The standard InChI is InChI=1S/C19H20N2O6S/c1-13(17(22)21-19(24)20-12-14-8-4-3-5-9-14)27-18(23)15-10-6-7-11-16(15)28(2,25)26/h3-11,13H,12H2,1-2H3,(H2,20,21,22,24)/t13-/m0/s1. The third-order valence-corrected chi connectivity index (χ3v) is 4.85. The van der Waals surface area contributed by atoms with Crippen molar-refractivity contribution in [1.82, 2.24) is 10.6 Å². The van der Waals surface area contributed by atoms with Crippen LogP contribution in [0.15, 0.2) is 59.5 Å². The monoisotopic (exact) mass is 404 g/mol. The third-order valence-electron chi connectivity index (χ3n) is 3.69. The zero-order chi connectivity index (χ0) is 20.7. The van der Waals surface area contributed by atoms with Crippen molar-refractivity contribution >= 4 is 27.7 Å². The third kappa shape index (κ3) is 5.92. The van der Waals surface area contributed by atoms with Crippen molar-refractivity contribution in [3.8, 4) is 0 Å². The Morgan fingerprint density at radius 2 is 1.61 bits per heavy atom. The summed E-state index contributed by atoms with van der Waals surface area (Å²) in [5, 5.41) is 4.58. The lowest BCUT2D eigenvalue weighted by atomic mass is 10.2. The van der Waals surface area contributed by atoms with Gasteiger partial charge in [-0.15, -0.1) is 0 Å². The molecule has 0 radical (unpaired) electrons. The fourth-order valence-electron chi connectivity index (χ4n) is 2.27. The van der Waals surface area contributed by atoms with Crippen LogP contribution in [0.2, 0.25) is 0 Å². The molecule has 28 heavy (non-hydrogen) atoms. The van der Waals surface area contributed by atoms with E-state index < -0.39 is 33.8 Å². The van der Waals surface area contributed by atoms with Gasteiger partial charge in [-0.05, 0) is 24.6 Å². The maximum atomic E-state index is 12.3. The van der Waals surface area contributed by atoms with E-state index in [1.54, 1.807) is 0 Å². The number of hydrogen-bond acceptors (Lipinski definition) is 6. The van der Waals surface area contributed by atoms with Crippen LogP contribution < -0.4 is 10.6 Å². The normalized spacial score (nSPS) is 11.9. The zero-order valence-corrected chi connectivity index (χ0v) is 16.2. The van der Waals surface area contributed by atoms with E-state index in [-0.39, 0.29) is 17.0 Å². The predicted octanol–water partition coefficient (Wildman–Crippen LogP) is 1.66. The number of benzene rings is 2. The molecule has 0 aliphatic carbocycles. The van der Waals surface area contributed by atoms with E-state index in [1.807, 2.05) is 30.3 Å². The summed E-state index contributed by atoms with van der Waals surface area (Å²) in [6.07, 6.45) is -0.339. The van der Waals surface area contributed by atoms with Gasteiger partial charge in [0.05, 0.1) is 10.5 Å². The number of ether oxygens (including phenoxy) is 1. The Bertz CT molecular complexity index is 973. The molecule has 0 fully saturated rings. The van der Waals surface area contributed by atoms with Gasteiger partial charge in [0.25, 0.3) is 5.91 Å². The van der Waals surface area contributed by atoms with E-state index >= 15 is 0 Å². The fourth-order valence-corrected chi connectivity index (χ4v) is 3.15. The number of esters is 1. The lowest BCUT2D eigenvalue weighted by Gasteiger charge is -2.14. The molecule has 0 heterocycles. The molecule has 0 bridgehead atoms. The molecule has 2 aromatic carbocycles. The number of amides is 3. The van der Waals surface area contributed by atoms with Crippen LogP contribution in [0.1, 0.15) is 22.8 Å². The van der Waals surface area contributed by atoms with Crippen LogP contribution in [0.4, 0.5) is 4.79 Å². The highest BCUT2D eigenvalue weighted by atomic mass is 32.2. The summed E-state index contributed by atoms with van der Waals surface area (Å²) in [5.41, 5.74) is 0.667. The van der Waals surface area contributed by atoms with Crippen LogP contribution in [0.3, 0.4) is 0 Å². The number of sulfone groups is 1. The number of imide groups is 1. The average Bonchev–Trinajstić information content (AvgIpc) is 2.66. The number of nitrogens with one attached hydrogen (secondary N) is 2. The summed E-state index contributed by atoms with van der Waals surface area (Å²) in [4.78, 5) is 35.9. The molecule has 9 heteroatoms. The molecule has 0 saturated heterocycles. The Morgan fingerprint density at radius 3 is 2.25 bits per heavy atom. The van der Waals surface area contributed by atoms with Gasteiger partial charge in [0, 0.05) is 12.8 Å². The summed E-state index contributed by atoms with van der Waals surface area (Å²) in [6, 6.07) is 13.9. The molecule has 0 spiro atoms. The van der Waals surface area contributed by atoms with E-state index in [2.05, 4.69) is 10.6 Å². The molecule has 0 aliphatic rings. The Kier molecular flexibility index (Phi) is 6.89. The van der Waals surface area contributed by atoms with Crippen LogP contribution in [-0.4, -0.2) is 38.7 Å². The van der Waals surface area contributed by atoms with Crippen LogP contribution in [-0.2, 0) is 25.9 Å². The average molecular weight is 404 g/mol. The number of rotatable bonds is 6. The van der Waals surface area contributed by atoms with E-state index in [0.29, 0.717) is 0 Å². The van der Waals surface area contributed by atoms with E-state index in [0.717, 1.165) is 11.8 Å². The van der Waals surface area contributed by atoms with Gasteiger partial charge in [0.1, 0.15) is 0 Å². The second-order valence-corrected chi connectivity index (χ2v) is 7.96. The lowest BCUT2D eigenvalue weighted by molar-refractivity contribution is -0.127. The fraction of sp³-hybridized carbons (Fsp3) is 0.211. The summed E-state index contributed by atoms with van der Waals surface area (Å²) in [7, 11) is -3.65. The van der Waals surface area contributed by atoms with Crippen molar-refractivity contribution in [3.05, 3.63) is 65.7 Å².